The topological polar surface area (TPSA) is 97.9 Å². The van der Waals surface area contributed by atoms with Gasteiger partial charge in [-0.3, -0.25) is 10.1 Å². The van der Waals surface area contributed by atoms with E-state index in [-0.39, 0.29) is 5.69 Å². The van der Waals surface area contributed by atoms with Crippen LogP contribution in [-0.2, 0) is 13.6 Å². The summed E-state index contributed by atoms with van der Waals surface area (Å²) in [5.41, 5.74) is 1.45. The van der Waals surface area contributed by atoms with Crippen molar-refractivity contribution in [2.24, 2.45) is 7.05 Å². The SMILES string of the molecule is CCCNc1cc(NCc2nncn2C)cc([N+](=O)[O-])c1. The Bertz CT molecular complexity index is 625. The standard InChI is InChI=1S/C13H18N6O2/c1-3-4-14-10-5-11(7-12(6-10)19(20)21)15-8-13-17-16-9-18(13)2/h5-7,9,14-15H,3-4,8H2,1-2H3. The minimum atomic E-state index is -0.398. The van der Waals surface area contributed by atoms with E-state index in [4.69, 9.17) is 0 Å². The maximum absolute atomic E-state index is 11.0. The number of nitro benzene ring substituents is 1. The molecule has 0 atom stereocenters. The number of anilines is 2. The van der Waals surface area contributed by atoms with Crippen molar-refractivity contribution in [2.75, 3.05) is 17.2 Å². The molecule has 0 unspecified atom stereocenters. The number of nitro groups is 1. The second-order valence-corrected chi connectivity index (χ2v) is 4.66. The number of non-ortho nitro benzene ring substituents is 1. The molecule has 2 rings (SSSR count). The van der Waals surface area contributed by atoms with Gasteiger partial charge in [0.15, 0.2) is 5.82 Å². The lowest BCUT2D eigenvalue weighted by molar-refractivity contribution is -0.384. The first-order valence-corrected chi connectivity index (χ1v) is 6.70. The first kappa shape index (κ1) is 14.8. The number of aryl methyl sites for hydroxylation is 1. The highest BCUT2D eigenvalue weighted by Crippen LogP contribution is 2.24. The molecule has 0 aliphatic rings. The van der Waals surface area contributed by atoms with Crippen molar-refractivity contribution in [3.8, 4) is 0 Å². The minimum Gasteiger partial charge on any atom is -0.385 e. The largest absolute Gasteiger partial charge is 0.385 e. The predicted molar refractivity (Wildman–Crippen MR) is 80.2 cm³/mol. The molecule has 0 saturated heterocycles. The second kappa shape index (κ2) is 6.69. The van der Waals surface area contributed by atoms with Crippen molar-refractivity contribution in [1.29, 1.82) is 0 Å². The van der Waals surface area contributed by atoms with Crippen LogP contribution in [0.1, 0.15) is 19.2 Å². The summed E-state index contributed by atoms with van der Waals surface area (Å²) >= 11 is 0. The van der Waals surface area contributed by atoms with Crippen molar-refractivity contribution in [2.45, 2.75) is 19.9 Å². The van der Waals surface area contributed by atoms with Gasteiger partial charge >= 0.3 is 0 Å². The molecule has 2 N–H and O–H groups in total. The van der Waals surface area contributed by atoms with Gasteiger partial charge in [0.05, 0.1) is 11.5 Å². The molecule has 2 aromatic rings. The maximum Gasteiger partial charge on any atom is 0.273 e. The molecular formula is C13H18N6O2. The third-order valence-electron chi connectivity index (χ3n) is 2.96. The van der Waals surface area contributed by atoms with Crippen LogP contribution >= 0.6 is 0 Å². The van der Waals surface area contributed by atoms with Crippen LogP contribution in [0.25, 0.3) is 0 Å². The molecule has 21 heavy (non-hydrogen) atoms. The van der Waals surface area contributed by atoms with Crippen LogP contribution in [0.4, 0.5) is 17.1 Å². The van der Waals surface area contributed by atoms with Crippen LogP contribution in [-0.4, -0.2) is 26.2 Å². The van der Waals surface area contributed by atoms with Gasteiger partial charge in [0.25, 0.3) is 5.69 Å². The molecule has 0 saturated carbocycles. The summed E-state index contributed by atoms with van der Waals surface area (Å²) in [6, 6.07) is 4.88. The smallest absolute Gasteiger partial charge is 0.273 e. The molecule has 1 aromatic heterocycles. The van der Waals surface area contributed by atoms with Gasteiger partial charge in [-0.05, 0) is 12.5 Å². The summed E-state index contributed by atoms with van der Waals surface area (Å²) < 4.78 is 1.79. The van der Waals surface area contributed by atoms with Crippen LogP contribution in [0, 0.1) is 10.1 Å². The zero-order valence-electron chi connectivity index (χ0n) is 12.0. The molecular weight excluding hydrogens is 272 g/mol. The quantitative estimate of drug-likeness (QED) is 0.599. The van der Waals surface area contributed by atoms with E-state index in [0.717, 1.165) is 24.5 Å². The molecule has 0 aliphatic heterocycles. The molecule has 0 bridgehead atoms. The van der Waals surface area contributed by atoms with E-state index in [2.05, 4.69) is 20.8 Å². The zero-order chi connectivity index (χ0) is 15.2. The molecule has 1 aromatic carbocycles. The van der Waals surface area contributed by atoms with Crippen molar-refractivity contribution in [1.82, 2.24) is 14.8 Å². The van der Waals surface area contributed by atoms with E-state index >= 15 is 0 Å². The maximum atomic E-state index is 11.0. The fraction of sp³-hybridized carbons (Fsp3) is 0.385. The van der Waals surface area contributed by atoms with Gasteiger partial charge in [-0.1, -0.05) is 6.92 Å². The number of nitrogens with zero attached hydrogens (tertiary/aromatic N) is 4. The van der Waals surface area contributed by atoms with Gasteiger partial charge in [-0.2, -0.15) is 0 Å². The number of rotatable bonds is 7. The van der Waals surface area contributed by atoms with Crippen LogP contribution in [0.5, 0.6) is 0 Å². The lowest BCUT2D eigenvalue weighted by Crippen LogP contribution is -2.07. The minimum absolute atomic E-state index is 0.0524. The van der Waals surface area contributed by atoms with Gasteiger partial charge in [0.2, 0.25) is 0 Å². The summed E-state index contributed by atoms with van der Waals surface area (Å²) in [7, 11) is 1.85. The summed E-state index contributed by atoms with van der Waals surface area (Å²) in [5, 5.41) is 25.0. The first-order chi connectivity index (χ1) is 10.1. The van der Waals surface area contributed by atoms with Crippen molar-refractivity contribution < 1.29 is 4.92 Å². The zero-order valence-corrected chi connectivity index (χ0v) is 12.0. The van der Waals surface area contributed by atoms with Gasteiger partial charge in [-0.15, -0.1) is 10.2 Å². The average molecular weight is 290 g/mol. The fourth-order valence-electron chi connectivity index (χ4n) is 1.84. The number of hydrogen-bond acceptors (Lipinski definition) is 6. The Morgan fingerprint density at radius 2 is 2.00 bits per heavy atom. The third kappa shape index (κ3) is 3.91. The van der Waals surface area contributed by atoms with Crippen LogP contribution in [0.3, 0.4) is 0 Å². The molecule has 8 nitrogen and oxygen atoms in total. The summed E-state index contributed by atoms with van der Waals surface area (Å²) in [5.74, 6) is 0.754. The molecule has 112 valence electrons. The van der Waals surface area contributed by atoms with Gasteiger partial charge in [-0.25, -0.2) is 0 Å². The average Bonchev–Trinajstić information content (AvgIpc) is 2.88. The number of nitrogens with one attached hydrogen (secondary N) is 2. The highest BCUT2D eigenvalue weighted by molar-refractivity contribution is 5.63. The molecule has 0 spiro atoms. The van der Waals surface area contributed by atoms with E-state index < -0.39 is 4.92 Å². The Morgan fingerprint density at radius 1 is 1.29 bits per heavy atom. The third-order valence-corrected chi connectivity index (χ3v) is 2.96. The number of aromatic nitrogens is 3. The van der Waals surface area contributed by atoms with E-state index in [1.807, 2.05) is 20.0 Å². The van der Waals surface area contributed by atoms with Crippen molar-refractivity contribution >= 4 is 17.1 Å². The summed E-state index contributed by atoms with van der Waals surface area (Å²) in [6.07, 6.45) is 2.56. The molecule has 0 amide bonds. The number of hydrogen-bond donors (Lipinski definition) is 2. The lowest BCUT2D eigenvalue weighted by Gasteiger charge is -2.10. The van der Waals surface area contributed by atoms with Crippen LogP contribution < -0.4 is 10.6 Å². The first-order valence-electron chi connectivity index (χ1n) is 6.70. The molecule has 0 fully saturated rings. The van der Waals surface area contributed by atoms with E-state index in [1.165, 1.54) is 12.1 Å². The molecule has 1 heterocycles. The summed E-state index contributed by atoms with van der Waals surface area (Å²) in [6.45, 7) is 3.26. The van der Waals surface area contributed by atoms with Gasteiger partial charge < -0.3 is 15.2 Å². The van der Waals surface area contributed by atoms with E-state index in [9.17, 15) is 10.1 Å². The normalized spacial score (nSPS) is 10.4. The fourth-order valence-corrected chi connectivity index (χ4v) is 1.84. The Kier molecular flexibility index (Phi) is 4.70. The van der Waals surface area contributed by atoms with Gasteiger partial charge in [0, 0.05) is 37.1 Å². The predicted octanol–water partition coefficient (Wildman–Crippen LogP) is 2.16. The summed E-state index contributed by atoms with van der Waals surface area (Å²) in [4.78, 5) is 10.6. The van der Waals surface area contributed by atoms with Crippen LogP contribution in [0.15, 0.2) is 24.5 Å². The Hall–Kier alpha value is -2.64. The monoisotopic (exact) mass is 290 g/mol. The van der Waals surface area contributed by atoms with Crippen molar-refractivity contribution in [3.63, 3.8) is 0 Å². The Balaban J connectivity index is 2.15. The molecule has 0 aliphatic carbocycles. The molecule has 0 radical (unpaired) electrons. The second-order valence-electron chi connectivity index (χ2n) is 4.66. The highest BCUT2D eigenvalue weighted by atomic mass is 16.6. The van der Waals surface area contributed by atoms with Crippen LogP contribution in [0.2, 0.25) is 0 Å². The molecule has 8 heteroatoms. The van der Waals surface area contributed by atoms with E-state index in [1.54, 1.807) is 10.9 Å². The van der Waals surface area contributed by atoms with E-state index in [0.29, 0.717) is 12.2 Å². The number of benzene rings is 1. The Morgan fingerprint density at radius 3 is 2.57 bits per heavy atom. The Labute approximate surface area is 122 Å². The lowest BCUT2D eigenvalue weighted by atomic mass is 10.2. The highest BCUT2D eigenvalue weighted by Gasteiger charge is 2.10. The van der Waals surface area contributed by atoms with Crippen molar-refractivity contribution in [3.05, 3.63) is 40.5 Å². The van der Waals surface area contributed by atoms with Gasteiger partial charge in [0.1, 0.15) is 6.33 Å².